The number of nitrogens with zero attached hydrogens (tertiary/aromatic N) is 2. The summed E-state index contributed by atoms with van der Waals surface area (Å²) < 4.78 is 5.17. The van der Waals surface area contributed by atoms with Crippen molar-refractivity contribution < 1.29 is 4.74 Å². The third kappa shape index (κ3) is 4.00. The molecule has 24 heavy (non-hydrogen) atoms. The summed E-state index contributed by atoms with van der Waals surface area (Å²) in [5.74, 6) is 0.839. The van der Waals surface area contributed by atoms with Crippen molar-refractivity contribution in [3.8, 4) is 17.0 Å². The molecule has 0 aliphatic carbocycles. The highest BCUT2D eigenvalue weighted by Gasteiger charge is 2.04. The predicted molar refractivity (Wildman–Crippen MR) is 101 cm³/mol. The maximum atomic E-state index is 5.17. The van der Waals surface area contributed by atoms with Gasteiger partial charge in [-0.25, -0.2) is 4.98 Å². The number of hydrogen-bond acceptors (Lipinski definition) is 5. The van der Waals surface area contributed by atoms with Gasteiger partial charge in [0.25, 0.3) is 0 Å². The number of nitrogens with one attached hydrogen (secondary N) is 1. The quantitative estimate of drug-likeness (QED) is 0.518. The Bertz CT molecular complexity index is 807. The van der Waals surface area contributed by atoms with Crippen LogP contribution in [0.15, 0.2) is 59.0 Å². The summed E-state index contributed by atoms with van der Waals surface area (Å²) in [5.41, 5.74) is 7.35. The number of ether oxygens (including phenoxy) is 1. The average Bonchev–Trinajstić information content (AvgIpc) is 3.11. The molecular weight excluding hydrogens is 318 g/mol. The van der Waals surface area contributed by atoms with Crippen molar-refractivity contribution in [2.24, 2.45) is 5.10 Å². The van der Waals surface area contributed by atoms with E-state index < -0.39 is 0 Å². The summed E-state index contributed by atoms with van der Waals surface area (Å²) in [4.78, 5) is 4.55. The van der Waals surface area contributed by atoms with Gasteiger partial charge in [-0.2, -0.15) is 5.10 Å². The van der Waals surface area contributed by atoms with E-state index in [4.69, 9.17) is 4.74 Å². The number of aryl methyl sites for hydroxylation is 1. The summed E-state index contributed by atoms with van der Waals surface area (Å²) in [7, 11) is 1.66. The maximum absolute atomic E-state index is 5.17. The minimum Gasteiger partial charge on any atom is -0.497 e. The molecule has 4 nitrogen and oxygen atoms in total. The fraction of sp³-hybridized carbons (Fsp3) is 0.158. The van der Waals surface area contributed by atoms with E-state index in [2.05, 4.69) is 46.7 Å². The molecule has 0 radical (unpaired) electrons. The lowest BCUT2D eigenvalue weighted by atomic mass is 10.1. The molecule has 1 aromatic heterocycles. The van der Waals surface area contributed by atoms with Crippen LogP contribution in [0.3, 0.4) is 0 Å². The van der Waals surface area contributed by atoms with Gasteiger partial charge < -0.3 is 4.74 Å². The van der Waals surface area contributed by atoms with E-state index in [0.29, 0.717) is 0 Å². The average molecular weight is 337 g/mol. The van der Waals surface area contributed by atoms with Crippen molar-refractivity contribution in [3.05, 3.63) is 65.0 Å². The number of hydrogen-bond donors (Lipinski definition) is 1. The Morgan fingerprint density at radius 1 is 1.12 bits per heavy atom. The first kappa shape index (κ1) is 16.2. The Morgan fingerprint density at radius 2 is 1.88 bits per heavy atom. The summed E-state index contributed by atoms with van der Waals surface area (Å²) >= 11 is 1.53. The smallest absolute Gasteiger partial charge is 0.203 e. The molecule has 0 aliphatic heterocycles. The molecule has 5 heteroatoms. The first-order chi connectivity index (χ1) is 11.8. The standard InChI is InChI=1S/C19H19N3OS/c1-3-14-4-6-15(7-5-14)12-20-22-19-21-18(13-24-19)16-8-10-17(23-2)11-9-16/h4-13H,3H2,1-2H3,(H,21,22)/b20-12-. The van der Waals surface area contributed by atoms with Crippen LogP contribution in [0.4, 0.5) is 5.13 Å². The van der Waals surface area contributed by atoms with Gasteiger partial charge >= 0.3 is 0 Å². The summed E-state index contributed by atoms with van der Waals surface area (Å²) in [6, 6.07) is 16.2. The fourth-order valence-corrected chi connectivity index (χ4v) is 2.89. The molecule has 0 saturated carbocycles. The van der Waals surface area contributed by atoms with Crippen LogP contribution >= 0.6 is 11.3 Å². The molecule has 0 bridgehead atoms. The molecule has 0 unspecified atom stereocenters. The van der Waals surface area contributed by atoms with Crippen molar-refractivity contribution in [2.45, 2.75) is 13.3 Å². The van der Waals surface area contributed by atoms with Crippen molar-refractivity contribution in [3.63, 3.8) is 0 Å². The topological polar surface area (TPSA) is 46.5 Å². The van der Waals surface area contributed by atoms with Crippen molar-refractivity contribution in [1.82, 2.24) is 4.98 Å². The molecule has 0 aliphatic rings. The zero-order valence-corrected chi connectivity index (χ0v) is 14.5. The molecule has 1 N–H and O–H groups in total. The first-order valence-electron chi connectivity index (χ1n) is 7.76. The highest BCUT2D eigenvalue weighted by atomic mass is 32.1. The van der Waals surface area contributed by atoms with Crippen LogP contribution in [-0.2, 0) is 6.42 Å². The molecule has 0 fully saturated rings. The van der Waals surface area contributed by atoms with E-state index in [1.54, 1.807) is 13.3 Å². The van der Waals surface area contributed by atoms with Gasteiger partial charge in [0, 0.05) is 10.9 Å². The Morgan fingerprint density at radius 3 is 2.54 bits per heavy atom. The van der Waals surface area contributed by atoms with Crippen LogP contribution in [0.5, 0.6) is 5.75 Å². The molecule has 3 aromatic rings. The maximum Gasteiger partial charge on any atom is 0.203 e. The van der Waals surface area contributed by atoms with Crippen molar-refractivity contribution >= 4 is 22.7 Å². The molecule has 0 atom stereocenters. The fourth-order valence-electron chi connectivity index (χ4n) is 2.22. The van der Waals surface area contributed by atoms with Crippen LogP contribution in [-0.4, -0.2) is 18.3 Å². The number of rotatable bonds is 6. The number of methoxy groups -OCH3 is 1. The molecule has 0 saturated heterocycles. The van der Waals surface area contributed by atoms with Crippen LogP contribution in [0.25, 0.3) is 11.3 Å². The van der Waals surface area contributed by atoms with Gasteiger partial charge in [-0.05, 0) is 41.8 Å². The summed E-state index contributed by atoms with van der Waals surface area (Å²) in [5, 5.41) is 7.03. The van der Waals surface area contributed by atoms with E-state index in [1.165, 1.54) is 16.9 Å². The second-order valence-electron chi connectivity index (χ2n) is 5.23. The Balaban J connectivity index is 1.63. The molecular formula is C19H19N3OS. The van der Waals surface area contributed by atoms with Crippen molar-refractivity contribution in [2.75, 3.05) is 12.5 Å². The second kappa shape index (κ2) is 7.75. The third-order valence-electron chi connectivity index (χ3n) is 3.65. The molecule has 0 amide bonds. The monoisotopic (exact) mass is 337 g/mol. The Labute approximate surface area is 145 Å². The van der Waals surface area contributed by atoms with E-state index in [-0.39, 0.29) is 0 Å². The number of benzene rings is 2. The largest absolute Gasteiger partial charge is 0.497 e. The van der Waals surface area contributed by atoms with Gasteiger partial charge in [0.1, 0.15) is 5.75 Å². The van der Waals surface area contributed by atoms with Crippen LogP contribution < -0.4 is 10.2 Å². The second-order valence-corrected chi connectivity index (χ2v) is 6.09. The number of hydrazone groups is 1. The zero-order chi connectivity index (χ0) is 16.8. The SMILES string of the molecule is CCc1ccc(/C=N\Nc2nc(-c3ccc(OC)cc3)cs2)cc1. The minimum atomic E-state index is 0.766. The molecule has 2 aromatic carbocycles. The summed E-state index contributed by atoms with van der Waals surface area (Å²) in [6.07, 6.45) is 2.84. The Kier molecular flexibility index (Phi) is 5.23. The van der Waals surface area contributed by atoms with Gasteiger partial charge in [0.05, 0.1) is 19.0 Å². The lowest BCUT2D eigenvalue weighted by Gasteiger charge is -2.00. The molecule has 122 valence electrons. The van der Waals surface area contributed by atoms with Crippen molar-refractivity contribution in [1.29, 1.82) is 0 Å². The lowest BCUT2D eigenvalue weighted by molar-refractivity contribution is 0.415. The van der Waals surface area contributed by atoms with Gasteiger partial charge in [-0.3, -0.25) is 5.43 Å². The van der Waals surface area contributed by atoms with Crippen LogP contribution in [0.2, 0.25) is 0 Å². The van der Waals surface area contributed by atoms with Crippen LogP contribution in [0.1, 0.15) is 18.1 Å². The van der Waals surface area contributed by atoms with E-state index in [9.17, 15) is 0 Å². The Hall–Kier alpha value is -2.66. The predicted octanol–water partition coefficient (Wildman–Crippen LogP) is 4.83. The normalized spacial score (nSPS) is 10.9. The third-order valence-corrected chi connectivity index (χ3v) is 4.40. The van der Waals surface area contributed by atoms with Gasteiger partial charge in [-0.15, -0.1) is 11.3 Å². The van der Waals surface area contributed by atoms with Gasteiger partial charge in [-0.1, -0.05) is 31.2 Å². The highest BCUT2D eigenvalue weighted by Crippen LogP contribution is 2.26. The number of anilines is 1. The van der Waals surface area contributed by atoms with E-state index in [1.807, 2.05) is 29.6 Å². The number of aromatic nitrogens is 1. The van der Waals surface area contributed by atoms with Gasteiger partial charge in [0.15, 0.2) is 0 Å². The zero-order valence-electron chi connectivity index (χ0n) is 13.7. The lowest BCUT2D eigenvalue weighted by Crippen LogP contribution is -1.90. The molecule has 3 rings (SSSR count). The molecule has 1 heterocycles. The first-order valence-corrected chi connectivity index (χ1v) is 8.64. The van der Waals surface area contributed by atoms with Crippen LogP contribution in [0, 0.1) is 0 Å². The highest BCUT2D eigenvalue weighted by molar-refractivity contribution is 7.14. The van der Waals surface area contributed by atoms with E-state index >= 15 is 0 Å². The molecule has 0 spiro atoms. The summed E-state index contributed by atoms with van der Waals surface area (Å²) in [6.45, 7) is 2.15. The van der Waals surface area contributed by atoms with E-state index in [0.717, 1.165) is 34.1 Å². The van der Waals surface area contributed by atoms with Gasteiger partial charge in [0.2, 0.25) is 5.13 Å². The number of thiazole rings is 1. The minimum absolute atomic E-state index is 0.766.